The number of ether oxygens (including phenoxy) is 2. The van der Waals surface area contributed by atoms with E-state index >= 15 is 0 Å². The molecule has 0 radical (unpaired) electrons. The molecule has 1 aromatic heterocycles. The summed E-state index contributed by atoms with van der Waals surface area (Å²) in [5, 5.41) is 4.75. The van der Waals surface area contributed by atoms with Gasteiger partial charge in [0.25, 0.3) is 0 Å². The number of aromatic amines is 1. The molecule has 0 saturated heterocycles. The van der Waals surface area contributed by atoms with Crippen LogP contribution in [0.1, 0.15) is 33.4 Å². The highest BCUT2D eigenvalue weighted by molar-refractivity contribution is 5.96. The summed E-state index contributed by atoms with van der Waals surface area (Å²) in [5.41, 5.74) is 11.0. The maximum absolute atomic E-state index is 7.51. The first-order valence-corrected chi connectivity index (χ1v) is 18.2. The monoisotopic (exact) mass is 687 g/mol. The van der Waals surface area contributed by atoms with Gasteiger partial charge in [-0.25, -0.2) is 0 Å². The van der Waals surface area contributed by atoms with E-state index in [0.717, 1.165) is 80.6 Å². The minimum atomic E-state index is -1.01. The highest BCUT2D eigenvalue weighted by Crippen LogP contribution is 2.60. The van der Waals surface area contributed by atoms with Gasteiger partial charge in [-0.1, -0.05) is 121 Å². The molecule has 0 fully saturated rings. The van der Waals surface area contributed by atoms with Gasteiger partial charge < -0.3 is 24.7 Å². The lowest BCUT2D eigenvalue weighted by molar-refractivity contribution is 0.139. The van der Waals surface area contributed by atoms with E-state index in [-0.39, 0.29) is 0 Å². The molecule has 1 unspecified atom stereocenters. The third kappa shape index (κ3) is 5.40. The summed E-state index contributed by atoms with van der Waals surface area (Å²) in [6, 6.07) is 61.8. The SMILES string of the molecule is c1ccc(CNc2ccc3c(c2)Oc2ccc(N(Cc4ccccc4)Cc4ccccc4)cc2C32Oc3ccccc3-c3[nH]c4ccccc4c32)cc1. The van der Waals surface area contributed by atoms with E-state index in [1.165, 1.54) is 16.7 Å². The summed E-state index contributed by atoms with van der Waals surface area (Å²) < 4.78 is 14.4. The molecule has 1 spiro atoms. The van der Waals surface area contributed by atoms with Gasteiger partial charge in [-0.05, 0) is 65.2 Å². The number of fused-ring (bicyclic) bond motifs is 10. The Labute approximate surface area is 309 Å². The van der Waals surface area contributed by atoms with Crippen molar-refractivity contribution in [2.24, 2.45) is 0 Å². The van der Waals surface area contributed by atoms with Crippen molar-refractivity contribution >= 4 is 22.3 Å². The van der Waals surface area contributed by atoms with Gasteiger partial charge in [0.05, 0.1) is 5.69 Å². The average Bonchev–Trinajstić information content (AvgIpc) is 3.62. The van der Waals surface area contributed by atoms with Gasteiger partial charge in [0.1, 0.15) is 17.2 Å². The Morgan fingerprint density at radius 3 is 1.96 bits per heavy atom. The number of rotatable bonds is 8. The van der Waals surface area contributed by atoms with E-state index in [9.17, 15) is 0 Å². The van der Waals surface area contributed by atoms with Crippen molar-refractivity contribution in [1.29, 1.82) is 0 Å². The van der Waals surface area contributed by atoms with Crippen LogP contribution in [0.4, 0.5) is 11.4 Å². The normalized spacial score (nSPS) is 15.0. The number of nitrogens with one attached hydrogen (secondary N) is 2. The van der Waals surface area contributed by atoms with Crippen LogP contribution in [-0.4, -0.2) is 4.98 Å². The fraction of sp³-hybridized carbons (Fsp3) is 0.0833. The summed E-state index contributed by atoms with van der Waals surface area (Å²) in [4.78, 5) is 6.26. The molecule has 53 heavy (non-hydrogen) atoms. The first-order chi connectivity index (χ1) is 26.2. The van der Waals surface area contributed by atoms with Crippen LogP contribution in [0.25, 0.3) is 22.2 Å². The van der Waals surface area contributed by atoms with Crippen molar-refractivity contribution in [3.05, 3.63) is 209 Å². The first-order valence-electron chi connectivity index (χ1n) is 18.2. The molecule has 0 aliphatic carbocycles. The second-order valence-electron chi connectivity index (χ2n) is 13.9. The zero-order valence-corrected chi connectivity index (χ0v) is 29.1. The minimum Gasteiger partial charge on any atom is -0.472 e. The van der Waals surface area contributed by atoms with Gasteiger partial charge >= 0.3 is 0 Å². The Morgan fingerprint density at radius 1 is 0.547 bits per heavy atom. The molecule has 0 saturated carbocycles. The number of anilines is 2. The number of H-pyrrole nitrogens is 1. The Hall–Kier alpha value is -6.72. The van der Waals surface area contributed by atoms with Gasteiger partial charge in [-0.3, -0.25) is 0 Å². The van der Waals surface area contributed by atoms with Crippen LogP contribution in [0, 0.1) is 0 Å². The molecule has 0 amide bonds. The van der Waals surface area contributed by atoms with Gasteiger partial charge in [-0.2, -0.15) is 0 Å². The molecule has 256 valence electrons. The van der Waals surface area contributed by atoms with Gasteiger partial charge in [0.15, 0.2) is 5.60 Å². The van der Waals surface area contributed by atoms with E-state index < -0.39 is 5.60 Å². The lowest BCUT2D eigenvalue weighted by Gasteiger charge is -2.44. The molecule has 1 atom stereocenters. The zero-order chi connectivity index (χ0) is 35.2. The Morgan fingerprint density at radius 2 is 1.21 bits per heavy atom. The van der Waals surface area contributed by atoms with Crippen molar-refractivity contribution < 1.29 is 9.47 Å². The molecule has 2 aliphatic heterocycles. The third-order valence-corrected chi connectivity index (χ3v) is 10.5. The van der Waals surface area contributed by atoms with Crippen molar-refractivity contribution in [3.8, 4) is 28.5 Å². The number of aromatic nitrogens is 1. The topological polar surface area (TPSA) is 49.5 Å². The highest BCUT2D eigenvalue weighted by Gasteiger charge is 2.52. The minimum absolute atomic E-state index is 0.708. The number of hydrogen-bond donors (Lipinski definition) is 2. The Kier molecular flexibility index (Phi) is 7.50. The van der Waals surface area contributed by atoms with Gasteiger partial charge in [-0.15, -0.1) is 0 Å². The smallest absolute Gasteiger partial charge is 0.194 e. The van der Waals surface area contributed by atoms with Crippen molar-refractivity contribution in [1.82, 2.24) is 4.98 Å². The molecule has 8 aromatic rings. The lowest BCUT2D eigenvalue weighted by atomic mass is 9.74. The van der Waals surface area contributed by atoms with E-state index in [0.29, 0.717) is 6.54 Å². The predicted octanol–water partition coefficient (Wildman–Crippen LogP) is 11.4. The Balaban J connectivity index is 1.18. The Bertz CT molecular complexity index is 2540. The number of nitrogens with zero attached hydrogens (tertiary/aromatic N) is 1. The van der Waals surface area contributed by atoms with Crippen LogP contribution in [0.15, 0.2) is 176 Å². The third-order valence-electron chi connectivity index (χ3n) is 10.5. The standard InChI is InChI=1S/C48H37N3O2/c1-4-14-33(15-5-1)30-49-36-24-26-40-45(28-36)52-44-27-25-37(51(31-34-16-6-2-7-17-34)32-35-18-8-3-9-19-35)29-41(44)48(40)46-38-20-10-12-22-42(38)50-47(46)39-21-11-13-23-43(39)53-48/h1-29,49-50H,30-32H2. The maximum Gasteiger partial charge on any atom is 0.194 e. The molecule has 10 rings (SSSR count). The fourth-order valence-electron chi connectivity index (χ4n) is 8.06. The summed E-state index contributed by atoms with van der Waals surface area (Å²) >= 11 is 0. The molecule has 5 heteroatoms. The number of para-hydroxylation sites is 2. The number of hydrogen-bond acceptors (Lipinski definition) is 4. The quantitative estimate of drug-likeness (QED) is 0.167. The predicted molar refractivity (Wildman–Crippen MR) is 214 cm³/mol. The highest BCUT2D eigenvalue weighted by atomic mass is 16.5. The van der Waals surface area contributed by atoms with E-state index in [4.69, 9.17) is 9.47 Å². The van der Waals surface area contributed by atoms with Crippen LogP contribution in [0.5, 0.6) is 17.2 Å². The van der Waals surface area contributed by atoms with Crippen LogP contribution in [-0.2, 0) is 25.2 Å². The molecule has 3 heterocycles. The summed E-state index contributed by atoms with van der Waals surface area (Å²) in [6.07, 6.45) is 0. The molecular formula is C48H37N3O2. The van der Waals surface area contributed by atoms with Crippen LogP contribution < -0.4 is 19.7 Å². The zero-order valence-electron chi connectivity index (χ0n) is 29.1. The van der Waals surface area contributed by atoms with Crippen LogP contribution >= 0.6 is 0 Å². The molecular weight excluding hydrogens is 651 g/mol. The number of benzene rings is 7. The summed E-state index contributed by atoms with van der Waals surface area (Å²) in [5.74, 6) is 2.37. The van der Waals surface area contributed by atoms with E-state index in [2.05, 4.69) is 185 Å². The van der Waals surface area contributed by atoms with Crippen molar-refractivity contribution in [2.75, 3.05) is 10.2 Å². The van der Waals surface area contributed by atoms with E-state index in [1.807, 2.05) is 6.07 Å². The largest absolute Gasteiger partial charge is 0.472 e. The molecule has 2 aliphatic rings. The molecule has 0 bridgehead atoms. The van der Waals surface area contributed by atoms with Crippen LogP contribution in [0.2, 0.25) is 0 Å². The second-order valence-corrected chi connectivity index (χ2v) is 13.9. The van der Waals surface area contributed by atoms with Crippen LogP contribution in [0.3, 0.4) is 0 Å². The maximum atomic E-state index is 7.51. The summed E-state index contributed by atoms with van der Waals surface area (Å²) in [7, 11) is 0. The first kappa shape index (κ1) is 31.1. The fourth-order valence-corrected chi connectivity index (χ4v) is 8.06. The van der Waals surface area contributed by atoms with Crippen molar-refractivity contribution in [3.63, 3.8) is 0 Å². The molecule has 7 aromatic carbocycles. The second kappa shape index (κ2) is 12.8. The molecule has 5 nitrogen and oxygen atoms in total. The van der Waals surface area contributed by atoms with Crippen molar-refractivity contribution in [2.45, 2.75) is 25.2 Å². The van der Waals surface area contributed by atoms with Gasteiger partial charge in [0.2, 0.25) is 0 Å². The lowest BCUT2D eigenvalue weighted by Crippen LogP contribution is -2.41. The molecule has 2 N–H and O–H groups in total. The summed E-state index contributed by atoms with van der Waals surface area (Å²) in [6.45, 7) is 2.20. The average molecular weight is 688 g/mol. The van der Waals surface area contributed by atoms with Gasteiger partial charge in [0, 0.05) is 70.2 Å². The van der Waals surface area contributed by atoms with E-state index in [1.54, 1.807) is 0 Å².